The number of esters is 1. The van der Waals surface area contributed by atoms with Crippen molar-refractivity contribution in [3.63, 3.8) is 0 Å². The standard InChI is InChI=1S/C9H11NO3/c1-3-13-9(11)7-4-5-10-8(6-7)12-2/h4-6H,3H2,1-2H3. The van der Waals surface area contributed by atoms with E-state index in [1.165, 1.54) is 19.4 Å². The minimum Gasteiger partial charge on any atom is -0.481 e. The lowest BCUT2D eigenvalue weighted by Crippen LogP contribution is -2.04. The second-order valence-electron chi connectivity index (χ2n) is 2.31. The van der Waals surface area contributed by atoms with Crippen molar-refractivity contribution in [1.29, 1.82) is 0 Å². The van der Waals surface area contributed by atoms with E-state index < -0.39 is 0 Å². The maximum atomic E-state index is 11.2. The monoisotopic (exact) mass is 181 g/mol. The lowest BCUT2D eigenvalue weighted by molar-refractivity contribution is 0.0525. The van der Waals surface area contributed by atoms with Crippen molar-refractivity contribution in [2.75, 3.05) is 13.7 Å². The Bertz CT molecular complexity index is 299. The van der Waals surface area contributed by atoms with Crippen LogP contribution in [0.4, 0.5) is 0 Å². The number of nitrogens with zero attached hydrogens (tertiary/aromatic N) is 1. The van der Waals surface area contributed by atoms with E-state index in [0.29, 0.717) is 18.1 Å². The van der Waals surface area contributed by atoms with E-state index in [0.717, 1.165) is 0 Å². The summed E-state index contributed by atoms with van der Waals surface area (Å²) in [6.07, 6.45) is 1.51. The number of rotatable bonds is 3. The van der Waals surface area contributed by atoms with Gasteiger partial charge in [0.15, 0.2) is 0 Å². The Hall–Kier alpha value is -1.58. The van der Waals surface area contributed by atoms with Gasteiger partial charge < -0.3 is 9.47 Å². The summed E-state index contributed by atoms with van der Waals surface area (Å²) in [5.74, 6) is 0.0498. The quantitative estimate of drug-likeness (QED) is 0.659. The van der Waals surface area contributed by atoms with Crippen LogP contribution in [-0.2, 0) is 4.74 Å². The van der Waals surface area contributed by atoms with Crippen molar-refractivity contribution in [3.05, 3.63) is 23.9 Å². The SMILES string of the molecule is CCOC(=O)c1ccnc(OC)c1. The Labute approximate surface area is 76.5 Å². The topological polar surface area (TPSA) is 48.4 Å². The van der Waals surface area contributed by atoms with Crippen molar-refractivity contribution in [3.8, 4) is 5.88 Å². The molecule has 13 heavy (non-hydrogen) atoms. The smallest absolute Gasteiger partial charge is 0.338 e. The lowest BCUT2D eigenvalue weighted by Gasteiger charge is -2.02. The maximum Gasteiger partial charge on any atom is 0.338 e. The summed E-state index contributed by atoms with van der Waals surface area (Å²) in [5, 5.41) is 0. The number of methoxy groups -OCH3 is 1. The van der Waals surface area contributed by atoms with E-state index in [1.54, 1.807) is 13.0 Å². The van der Waals surface area contributed by atoms with Crippen molar-refractivity contribution < 1.29 is 14.3 Å². The second-order valence-corrected chi connectivity index (χ2v) is 2.31. The minimum absolute atomic E-state index is 0.358. The minimum atomic E-state index is -0.358. The van der Waals surface area contributed by atoms with Gasteiger partial charge in [-0.3, -0.25) is 0 Å². The molecule has 0 bridgehead atoms. The highest BCUT2D eigenvalue weighted by Crippen LogP contribution is 2.09. The van der Waals surface area contributed by atoms with E-state index >= 15 is 0 Å². The molecule has 0 aromatic carbocycles. The molecule has 0 spiro atoms. The van der Waals surface area contributed by atoms with Crippen LogP contribution in [0.25, 0.3) is 0 Å². The van der Waals surface area contributed by atoms with Crippen LogP contribution in [0.5, 0.6) is 5.88 Å². The van der Waals surface area contributed by atoms with Gasteiger partial charge in [-0.15, -0.1) is 0 Å². The average molecular weight is 181 g/mol. The van der Waals surface area contributed by atoms with Crippen LogP contribution in [0.3, 0.4) is 0 Å². The highest BCUT2D eigenvalue weighted by Gasteiger charge is 2.06. The fourth-order valence-electron chi connectivity index (χ4n) is 0.862. The molecule has 0 fully saturated rings. The van der Waals surface area contributed by atoms with Crippen LogP contribution >= 0.6 is 0 Å². The molecular formula is C9H11NO3. The van der Waals surface area contributed by atoms with Gasteiger partial charge in [0.2, 0.25) is 5.88 Å². The summed E-state index contributed by atoms with van der Waals surface area (Å²) < 4.78 is 9.67. The fraction of sp³-hybridized carbons (Fsp3) is 0.333. The fourth-order valence-corrected chi connectivity index (χ4v) is 0.862. The highest BCUT2D eigenvalue weighted by molar-refractivity contribution is 5.89. The molecule has 1 rings (SSSR count). The summed E-state index contributed by atoms with van der Waals surface area (Å²) in [6, 6.07) is 3.12. The molecule has 1 heterocycles. The third kappa shape index (κ3) is 2.43. The summed E-state index contributed by atoms with van der Waals surface area (Å²) in [5.41, 5.74) is 0.453. The molecule has 4 nitrogen and oxygen atoms in total. The number of aromatic nitrogens is 1. The van der Waals surface area contributed by atoms with E-state index in [2.05, 4.69) is 4.98 Å². The summed E-state index contributed by atoms with van der Waals surface area (Å²) >= 11 is 0. The van der Waals surface area contributed by atoms with Gasteiger partial charge in [0, 0.05) is 12.3 Å². The van der Waals surface area contributed by atoms with Crippen LogP contribution in [-0.4, -0.2) is 24.7 Å². The summed E-state index contributed by atoms with van der Waals surface area (Å²) in [7, 11) is 1.50. The number of hydrogen-bond acceptors (Lipinski definition) is 4. The first-order chi connectivity index (χ1) is 6.27. The highest BCUT2D eigenvalue weighted by atomic mass is 16.5. The Morgan fingerprint density at radius 3 is 3.00 bits per heavy atom. The van der Waals surface area contributed by atoms with Gasteiger partial charge in [-0.1, -0.05) is 0 Å². The molecule has 0 unspecified atom stereocenters. The normalized spacial score (nSPS) is 9.38. The summed E-state index contributed by atoms with van der Waals surface area (Å²) in [4.78, 5) is 15.1. The van der Waals surface area contributed by atoms with Crippen molar-refractivity contribution in [2.45, 2.75) is 6.92 Å². The van der Waals surface area contributed by atoms with Crippen LogP contribution in [0.1, 0.15) is 17.3 Å². The molecule has 0 radical (unpaired) electrons. The van der Waals surface area contributed by atoms with E-state index in [-0.39, 0.29) is 5.97 Å². The zero-order valence-corrected chi connectivity index (χ0v) is 7.61. The second kappa shape index (κ2) is 4.45. The molecule has 70 valence electrons. The van der Waals surface area contributed by atoms with Crippen LogP contribution in [0.2, 0.25) is 0 Å². The third-order valence-corrected chi connectivity index (χ3v) is 1.46. The molecule has 0 aliphatic rings. The number of ether oxygens (including phenoxy) is 2. The summed E-state index contributed by atoms with van der Waals surface area (Å²) in [6.45, 7) is 2.12. The first kappa shape index (κ1) is 9.51. The Kier molecular flexibility index (Phi) is 3.25. The Balaban J connectivity index is 2.82. The first-order valence-corrected chi connectivity index (χ1v) is 3.95. The van der Waals surface area contributed by atoms with E-state index in [1.807, 2.05) is 0 Å². The number of hydrogen-bond donors (Lipinski definition) is 0. The average Bonchev–Trinajstić information content (AvgIpc) is 2.18. The molecule has 0 amide bonds. The molecule has 0 atom stereocenters. The van der Waals surface area contributed by atoms with Crippen molar-refractivity contribution >= 4 is 5.97 Å². The molecule has 0 aliphatic heterocycles. The molecule has 0 N–H and O–H groups in total. The largest absolute Gasteiger partial charge is 0.481 e. The van der Waals surface area contributed by atoms with Gasteiger partial charge in [0.25, 0.3) is 0 Å². The zero-order chi connectivity index (χ0) is 9.68. The van der Waals surface area contributed by atoms with Gasteiger partial charge in [-0.25, -0.2) is 9.78 Å². The molecule has 4 heteroatoms. The van der Waals surface area contributed by atoms with Gasteiger partial charge in [0.1, 0.15) is 0 Å². The lowest BCUT2D eigenvalue weighted by atomic mass is 10.3. The molecule has 0 aliphatic carbocycles. The van der Waals surface area contributed by atoms with E-state index in [4.69, 9.17) is 9.47 Å². The van der Waals surface area contributed by atoms with Crippen molar-refractivity contribution in [1.82, 2.24) is 4.98 Å². The molecule has 1 aromatic heterocycles. The third-order valence-electron chi connectivity index (χ3n) is 1.46. The predicted molar refractivity (Wildman–Crippen MR) is 46.7 cm³/mol. The Morgan fingerprint density at radius 2 is 2.38 bits per heavy atom. The Morgan fingerprint density at radius 1 is 1.62 bits per heavy atom. The number of carbonyl (C=O) groups excluding carboxylic acids is 1. The molecule has 1 aromatic rings. The van der Waals surface area contributed by atoms with Gasteiger partial charge in [-0.2, -0.15) is 0 Å². The van der Waals surface area contributed by atoms with E-state index in [9.17, 15) is 4.79 Å². The van der Waals surface area contributed by atoms with Gasteiger partial charge >= 0.3 is 5.97 Å². The number of pyridine rings is 1. The number of carbonyl (C=O) groups is 1. The maximum absolute atomic E-state index is 11.2. The molecular weight excluding hydrogens is 170 g/mol. The zero-order valence-electron chi connectivity index (χ0n) is 7.61. The van der Waals surface area contributed by atoms with Crippen molar-refractivity contribution in [2.24, 2.45) is 0 Å². The predicted octanol–water partition coefficient (Wildman–Crippen LogP) is 1.27. The van der Waals surface area contributed by atoms with Gasteiger partial charge in [-0.05, 0) is 13.0 Å². The first-order valence-electron chi connectivity index (χ1n) is 3.95. The molecule has 0 saturated heterocycles. The van der Waals surface area contributed by atoms with Crippen LogP contribution < -0.4 is 4.74 Å². The molecule has 0 saturated carbocycles. The van der Waals surface area contributed by atoms with Crippen LogP contribution in [0, 0.1) is 0 Å². The van der Waals surface area contributed by atoms with Gasteiger partial charge in [0.05, 0.1) is 19.3 Å². The van der Waals surface area contributed by atoms with Crippen LogP contribution in [0.15, 0.2) is 18.3 Å².